The summed E-state index contributed by atoms with van der Waals surface area (Å²) in [7, 11) is 0. The summed E-state index contributed by atoms with van der Waals surface area (Å²) in [4.78, 5) is 23.7. The second kappa shape index (κ2) is 9.26. The lowest BCUT2D eigenvalue weighted by molar-refractivity contribution is -0.138. The summed E-state index contributed by atoms with van der Waals surface area (Å²) in [6.07, 6.45) is -4.50. The van der Waals surface area contributed by atoms with E-state index in [1.807, 2.05) is 0 Å². The van der Waals surface area contributed by atoms with Gasteiger partial charge in [0.05, 0.1) is 34.9 Å². The minimum atomic E-state index is -4.50. The smallest absolute Gasteiger partial charge is 0.416 e. The topological polar surface area (TPSA) is 71.3 Å². The van der Waals surface area contributed by atoms with E-state index in [9.17, 15) is 22.8 Å². The van der Waals surface area contributed by atoms with Crippen molar-refractivity contribution in [2.75, 3.05) is 5.32 Å². The van der Waals surface area contributed by atoms with Crippen molar-refractivity contribution in [1.82, 2.24) is 4.57 Å². The second-order valence-electron chi connectivity index (χ2n) is 7.01. The number of pyridine rings is 1. The van der Waals surface area contributed by atoms with Gasteiger partial charge in [-0.05, 0) is 48.4 Å². The van der Waals surface area contributed by atoms with E-state index < -0.39 is 23.3 Å². The molecule has 0 aliphatic heterocycles. The molecule has 0 saturated heterocycles. The van der Waals surface area contributed by atoms with Crippen LogP contribution in [0.3, 0.4) is 0 Å². The summed E-state index contributed by atoms with van der Waals surface area (Å²) < 4.78 is 40.9. The molecule has 0 saturated carbocycles. The minimum absolute atomic E-state index is 0.0169. The number of rotatable bonds is 6. The van der Waals surface area contributed by atoms with Crippen LogP contribution >= 0.6 is 23.2 Å². The van der Waals surface area contributed by atoms with Crippen LogP contribution in [0.1, 0.15) is 32.7 Å². The highest BCUT2D eigenvalue weighted by atomic mass is 35.5. The Hall–Kier alpha value is -2.97. The fraction of sp³-hybridized carbons (Fsp3) is 0.182. The number of nitrogens with zero attached hydrogens (tertiary/aromatic N) is 1. The number of nitrogens with one attached hydrogen (secondary N) is 1. The van der Waals surface area contributed by atoms with Crippen molar-refractivity contribution in [1.29, 1.82) is 0 Å². The molecule has 5 nitrogen and oxygen atoms in total. The van der Waals surface area contributed by atoms with Crippen LogP contribution < -0.4 is 10.9 Å². The molecule has 0 unspecified atom stereocenters. The molecule has 32 heavy (non-hydrogen) atoms. The fourth-order valence-corrected chi connectivity index (χ4v) is 3.78. The second-order valence-corrected chi connectivity index (χ2v) is 7.82. The van der Waals surface area contributed by atoms with E-state index in [0.717, 1.165) is 6.07 Å². The van der Waals surface area contributed by atoms with Crippen LogP contribution in [0.5, 0.6) is 0 Å². The Kier molecular flexibility index (Phi) is 6.85. The van der Waals surface area contributed by atoms with Crippen molar-refractivity contribution in [3.63, 3.8) is 0 Å². The van der Waals surface area contributed by atoms with Gasteiger partial charge in [-0.3, -0.25) is 4.79 Å². The molecule has 3 aromatic rings. The van der Waals surface area contributed by atoms with Crippen LogP contribution in [0, 0.1) is 6.92 Å². The molecule has 0 fully saturated rings. The number of hydrogen-bond donors (Lipinski definition) is 2. The van der Waals surface area contributed by atoms with Crippen LogP contribution in [0.4, 0.5) is 18.9 Å². The summed E-state index contributed by atoms with van der Waals surface area (Å²) >= 11 is 12.3. The van der Waals surface area contributed by atoms with Crippen molar-refractivity contribution >= 4 is 34.9 Å². The Morgan fingerprint density at radius 1 is 1.09 bits per heavy atom. The van der Waals surface area contributed by atoms with Crippen molar-refractivity contribution in [2.24, 2.45) is 0 Å². The number of benzene rings is 2. The van der Waals surface area contributed by atoms with Gasteiger partial charge in [0, 0.05) is 5.69 Å². The van der Waals surface area contributed by atoms with Gasteiger partial charge in [0.2, 0.25) is 0 Å². The summed E-state index contributed by atoms with van der Waals surface area (Å²) in [6.45, 7) is 1.35. The lowest BCUT2D eigenvalue weighted by atomic mass is 10.1. The Labute approximate surface area is 191 Å². The SMILES string of the molecule is Cc1c(NCc2c(Cl)cc(Cl)c(=O)n2Cc2ccc(C(=O)O)cc2)cccc1C(F)(F)F. The highest BCUT2D eigenvalue weighted by molar-refractivity contribution is 6.34. The highest BCUT2D eigenvalue weighted by Gasteiger charge is 2.32. The first-order chi connectivity index (χ1) is 15.0. The number of anilines is 1. The largest absolute Gasteiger partial charge is 0.478 e. The quantitative estimate of drug-likeness (QED) is 0.460. The highest BCUT2D eigenvalue weighted by Crippen LogP contribution is 2.34. The summed E-state index contributed by atoms with van der Waals surface area (Å²) in [5.41, 5.74) is -0.00490. The molecule has 1 aromatic heterocycles. The third kappa shape index (κ3) is 5.08. The first kappa shape index (κ1) is 23.7. The zero-order chi connectivity index (χ0) is 23.6. The Morgan fingerprint density at radius 2 is 1.75 bits per heavy atom. The first-order valence-electron chi connectivity index (χ1n) is 9.29. The van der Waals surface area contributed by atoms with Crippen LogP contribution in [0.15, 0.2) is 53.3 Å². The number of halogens is 5. The van der Waals surface area contributed by atoms with Crippen molar-refractivity contribution in [2.45, 2.75) is 26.2 Å². The monoisotopic (exact) mass is 484 g/mol. The van der Waals surface area contributed by atoms with Crippen molar-refractivity contribution < 1.29 is 23.1 Å². The van der Waals surface area contributed by atoms with Gasteiger partial charge in [-0.25, -0.2) is 4.79 Å². The molecule has 0 radical (unpaired) electrons. The van der Waals surface area contributed by atoms with Gasteiger partial charge in [-0.2, -0.15) is 13.2 Å². The first-order valence-corrected chi connectivity index (χ1v) is 10.0. The zero-order valence-electron chi connectivity index (χ0n) is 16.6. The minimum Gasteiger partial charge on any atom is -0.478 e. The van der Waals surface area contributed by atoms with Gasteiger partial charge in [0.1, 0.15) is 5.02 Å². The van der Waals surface area contributed by atoms with Gasteiger partial charge in [0.25, 0.3) is 5.56 Å². The average molecular weight is 485 g/mol. The van der Waals surface area contributed by atoms with Gasteiger partial charge < -0.3 is 15.0 Å². The maximum atomic E-state index is 13.2. The molecule has 2 aromatic carbocycles. The van der Waals surface area contributed by atoms with E-state index in [0.29, 0.717) is 11.3 Å². The Morgan fingerprint density at radius 3 is 2.34 bits per heavy atom. The third-order valence-corrected chi connectivity index (χ3v) is 5.53. The van der Waals surface area contributed by atoms with Crippen LogP contribution in [0.2, 0.25) is 10.0 Å². The Balaban J connectivity index is 1.95. The van der Waals surface area contributed by atoms with Crippen LogP contribution in [-0.2, 0) is 19.3 Å². The van der Waals surface area contributed by atoms with E-state index >= 15 is 0 Å². The number of carboxylic acid groups (broad SMARTS) is 1. The molecular formula is C22H17Cl2F3N2O3. The van der Waals surface area contributed by atoms with Gasteiger partial charge in [0.15, 0.2) is 0 Å². The molecular weight excluding hydrogens is 468 g/mol. The normalized spacial score (nSPS) is 11.4. The van der Waals surface area contributed by atoms with E-state index in [1.54, 1.807) is 12.1 Å². The number of carbonyl (C=O) groups is 1. The fourth-order valence-electron chi connectivity index (χ4n) is 3.23. The molecule has 168 valence electrons. The van der Waals surface area contributed by atoms with Crippen LogP contribution in [0.25, 0.3) is 0 Å². The van der Waals surface area contributed by atoms with Gasteiger partial charge in [-0.15, -0.1) is 0 Å². The third-order valence-electron chi connectivity index (χ3n) is 4.93. The van der Waals surface area contributed by atoms with Crippen LogP contribution in [-0.4, -0.2) is 15.6 Å². The molecule has 0 aliphatic rings. The molecule has 0 aliphatic carbocycles. The number of alkyl halides is 3. The summed E-state index contributed by atoms with van der Waals surface area (Å²) in [5, 5.41) is 12.0. The standard InChI is InChI=1S/C22H17Cl2F3N2O3/c1-12-15(22(25,26)27)3-2-4-18(12)28-10-19-16(23)9-17(24)20(30)29(19)11-13-5-7-14(8-6-13)21(31)32/h2-9,28H,10-11H2,1H3,(H,31,32). The number of aromatic nitrogens is 1. The average Bonchev–Trinajstić information content (AvgIpc) is 2.72. The summed E-state index contributed by atoms with van der Waals surface area (Å²) in [6, 6.07) is 11.0. The van der Waals surface area contributed by atoms with E-state index in [1.165, 1.54) is 41.8 Å². The van der Waals surface area contributed by atoms with Crippen molar-refractivity contribution in [3.8, 4) is 0 Å². The maximum Gasteiger partial charge on any atom is 0.416 e. The predicted molar refractivity (Wildman–Crippen MR) is 117 cm³/mol. The number of aromatic carboxylic acids is 1. The zero-order valence-corrected chi connectivity index (χ0v) is 18.1. The van der Waals surface area contributed by atoms with E-state index in [-0.39, 0.29) is 39.9 Å². The lowest BCUT2D eigenvalue weighted by Crippen LogP contribution is -2.26. The molecule has 0 bridgehead atoms. The Bertz CT molecular complexity index is 1220. The molecule has 3 rings (SSSR count). The van der Waals surface area contributed by atoms with E-state index in [2.05, 4.69) is 5.32 Å². The molecule has 0 spiro atoms. The molecule has 0 amide bonds. The van der Waals surface area contributed by atoms with Gasteiger partial charge in [-0.1, -0.05) is 41.4 Å². The van der Waals surface area contributed by atoms with Gasteiger partial charge >= 0.3 is 12.1 Å². The predicted octanol–water partition coefficient (Wildman–Crippen LogP) is 5.84. The molecule has 0 atom stereocenters. The van der Waals surface area contributed by atoms with Crippen molar-refractivity contribution in [3.05, 3.63) is 96.9 Å². The molecule has 1 heterocycles. The number of hydrogen-bond acceptors (Lipinski definition) is 3. The molecule has 10 heteroatoms. The summed E-state index contributed by atoms with van der Waals surface area (Å²) in [5.74, 6) is -1.08. The number of carboxylic acids is 1. The maximum absolute atomic E-state index is 13.2. The lowest BCUT2D eigenvalue weighted by Gasteiger charge is -2.19. The van der Waals surface area contributed by atoms with E-state index in [4.69, 9.17) is 28.3 Å². The molecule has 2 N–H and O–H groups in total.